The number of aromatic nitrogens is 3. The van der Waals surface area contributed by atoms with Crippen molar-refractivity contribution in [2.24, 2.45) is 0 Å². The number of nitrogens with zero attached hydrogens (tertiary/aromatic N) is 4. The van der Waals surface area contributed by atoms with Gasteiger partial charge in [-0.3, -0.25) is 14.5 Å². The predicted molar refractivity (Wildman–Crippen MR) is 71.2 cm³/mol. The Labute approximate surface area is 114 Å². The number of rotatable bonds is 5. The molecule has 0 atom stereocenters. The maximum Gasteiger partial charge on any atom is 0.317 e. The molecule has 1 aromatic carbocycles. The number of carbonyl (C=O) groups is 1. The summed E-state index contributed by atoms with van der Waals surface area (Å²) < 4.78 is 1.23. The van der Waals surface area contributed by atoms with E-state index in [0.717, 1.165) is 12.8 Å². The van der Waals surface area contributed by atoms with Crippen LogP contribution in [0, 0.1) is 0 Å². The molecule has 0 spiro atoms. The standard InChI is InChI=1S/C13H14N4O3/c18-12(19)7-16(9-5-6-9)8-17-13(20)10-3-1-2-4-11(10)14-15-17/h1-4,9H,5-8H2,(H,18,19). The van der Waals surface area contributed by atoms with Crippen molar-refractivity contribution < 1.29 is 9.90 Å². The van der Waals surface area contributed by atoms with E-state index in [-0.39, 0.29) is 24.8 Å². The molecule has 7 nitrogen and oxygen atoms in total. The minimum Gasteiger partial charge on any atom is -0.480 e. The minimum absolute atomic E-state index is 0.0917. The molecule has 1 saturated carbocycles. The van der Waals surface area contributed by atoms with Gasteiger partial charge in [-0.1, -0.05) is 17.3 Å². The van der Waals surface area contributed by atoms with E-state index in [9.17, 15) is 9.59 Å². The maximum absolute atomic E-state index is 12.3. The second-order valence-corrected chi connectivity index (χ2v) is 4.92. The van der Waals surface area contributed by atoms with Crippen LogP contribution in [-0.2, 0) is 11.5 Å². The molecular formula is C13H14N4O3. The van der Waals surface area contributed by atoms with E-state index in [1.54, 1.807) is 29.2 Å². The zero-order valence-electron chi connectivity index (χ0n) is 10.8. The van der Waals surface area contributed by atoms with Crippen LogP contribution in [0.1, 0.15) is 12.8 Å². The molecule has 7 heteroatoms. The summed E-state index contributed by atoms with van der Waals surface area (Å²) in [7, 11) is 0. The molecule has 0 amide bonds. The lowest BCUT2D eigenvalue weighted by molar-refractivity contribution is -0.139. The number of hydrogen-bond acceptors (Lipinski definition) is 5. The number of aliphatic carboxylic acids is 1. The van der Waals surface area contributed by atoms with Crippen LogP contribution in [0.4, 0.5) is 0 Å². The molecule has 0 aliphatic heterocycles. The number of fused-ring (bicyclic) bond motifs is 1. The Balaban J connectivity index is 1.91. The van der Waals surface area contributed by atoms with Gasteiger partial charge in [-0.2, -0.15) is 4.68 Å². The summed E-state index contributed by atoms with van der Waals surface area (Å²) in [5.41, 5.74) is 0.302. The van der Waals surface area contributed by atoms with Gasteiger partial charge in [0.15, 0.2) is 0 Å². The largest absolute Gasteiger partial charge is 0.480 e. The molecule has 20 heavy (non-hydrogen) atoms. The fourth-order valence-electron chi connectivity index (χ4n) is 2.20. The highest BCUT2D eigenvalue weighted by Crippen LogP contribution is 2.26. The van der Waals surface area contributed by atoms with Gasteiger partial charge in [-0.25, -0.2) is 0 Å². The monoisotopic (exact) mass is 274 g/mol. The van der Waals surface area contributed by atoms with Crippen LogP contribution in [-0.4, -0.2) is 43.6 Å². The van der Waals surface area contributed by atoms with E-state index >= 15 is 0 Å². The molecule has 0 unspecified atom stereocenters. The van der Waals surface area contributed by atoms with Gasteiger partial charge in [-0.05, 0) is 25.0 Å². The second kappa shape index (κ2) is 5.01. The summed E-state index contributed by atoms with van der Waals surface area (Å²) in [4.78, 5) is 24.9. The summed E-state index contributed by atoms with van der Waals surface area (Å²) in [6, 6.07) is 7.21. The Hall–Kier alpha value is -2.28. The topological polar surface area (TPSA) is 88.3 Å². The van der Waals surface area contributed by atoms with Crippen molar-refractivity contribution in [1.29, 1.82) is 0 Å². The molecule has 1 heterocycles. The smallest absolute Gasteiger partial charge is 0.317 e. The Bertz CT molecular complexity index is 708. The number of benzene rings is 1. The second-order valence-electron chi connectivity index (χ2n) is 4.92. The van der Waals surface area contributed by atoms with Crippen LogP contribution < -0.4 is 5.56 Å². The zero-order chi connectivity index (χ0) is 14.1. The molecule has 1 aliphatic rings. The number of hydrogen-bond donors (Lipinski definition) is 1. The summed E-state index contributed by atoms with van der Waals surface area (Å²) in [5, 5.41) is 17.3. The van der Waals surface area contributed by atoms with Gasteiger partial charge in [0.05, 0.1) is 18.6 Å². The van der Waals surface area contributed by atoms with Crippen LogP contribution in [0.25, 0.3) is 10.9 Å². The Morgan fingerprint density at radius 2 is 2.15 bits per heavy atom. The van der Waals surface area contributed by atoms with Crippen LogP contribution in [0.2, 0.25) is 0 Å². The minimum atomic E-state index is -0.904. The molecule has 104 valence electrons. The highest BCUT2D eigenvalue weighted by molar-refractivity contribution is 5.76. The van der Waals surface area contributed by atoms with Gasteiger partial charge in [0.2, 0.25) is 0 Å². The van der Waals surface area contributed by atoms with Gasteiger partial charge in [-0.15, -0.1) is 5.10 Å². The molecule has 0 saturated heterocycles. The fraction of sp³-hybridized carbons (Fsp3) is 0.385. The molecule has 3 rings (SSSR count). The molecule has 1 N–H and O–H groups in total. The van der Waals surface area contributed by atoms with E-state index in [2.05, 4.69) is 10.3 Å². The first-order valence-corrected chi connectivity index (χ1v) is 6.43. The van der Waals surface area contributed by atoms with Gasteiger partial charge < -0.3 is 5.11 Å². The summed E-state index contributed by atoms with van der Waals surface area (Å²) in [6.07, 6.45) is 1.92. The first kappa shape index (κ1) is 12.7. The number of carboxylic acids is 1. The van der Waals surface area contributed by atoms with Crippen LogP contribution >= 0.6 is 0 Å². The van der Waals surface area contributed by atoms with Crippen molar-refractivity contribution >= 4 is 16.9 Å². The van der Waals surface area contributed by atoms with E-state index in [4.69, 9.17) is 5.11 Å². The van der Waals surface area contributed by atoms with Crippen LogP contribution in [0.15, 0.2) is 29.1 Å². The van der Waals surface area contributed by atoms with E-state index in [1.165, 1.54) is 4.68 Å². The summed E-state index contributed by atoms with van der Waals surface area (Å²) in [5.74, 6) is -0.904. The average molecular weight is 274 g/mol. The SMILES string of the molecule is O=C(O)CN(Cn1nnc2ccccc2c1=O)C1CC1. The van der Waals surface area contributed by atoms with Crippen LogP contribution in [0.5, 0.6) is 0 Å². The summed E-state index contributed by atoms with van der Waals surface area (Å²) in [6.45, 7) is 0.0687. The van der Waals surface area contributed by atoms with Gasteiger partial charge >= 0.3 is 5.97 Å². The van der Waals surface area contributed by atoms with Gasteiger partial charge in [0.1, 0.15) is 5.52 Å². The molecule has 2 aromatic rings. The quantitative estimate of drug-likeness (QED) is 0.843. The van der Waals surface area contributed by atoms with Crippen molar-refractivity contribution in [3.63, 3.8) is 0 Å². The molecule has 1 aromatic heterocycles. The van der Waals surface area contributed by atoms with Gasteiger partial charge in [0, 0.05) is 6.04 Å². The first-order chi connectivity index (χ1) is 9.65. The molecule has 0 radical (unpaired) electrons. The van der Waals surface area contributed by atoms with Crippen molar-refractivity contribution in [2.45, 2.75) is 25.6 Å². The first-order valence-electron chi connectivity index (χ1n) is 6.43. The van der Waals surface area contributed by atoms with Gasteiger partial charge in [0.25, 0.3) is 5.56 Å². The lowest BCUT2D eigenvalue weighted by Gasteiger charge is -2.19. The normalized spacial score (nSPS) is 14.8. The van der Waals surface area contributed by atoms with Crippen molar-refractivity contribution in [3.05, 3.63) is 34.6 Å². The predicted octanol–water partition coefficient (Wildman–Crippen LogP) is 0.298. The van der Waals surface area contributed by atoms with Crippen molar-refractivity contribution in [3.8, 4) is 0 Å². The molecule has 1 aliphatic carbocycles. The third kappa shape index (κ3) is 2.53. The number of carboxylic acid groups (broad SMARTS) is 1. The third-order valence-corrected chi connectivity index (χ3v) is 3.35. The Morgan fingerprint density at radius 3 is 2.85 bits per heavy atom. The molecular weight excluding hydrogens is 260 g/mol. The zero-order valence-corrected chi connectivity index (χ0v) is 10.8. The van der Waals surface area contributed by atoms with E-state index in [1.807, 2.05) is 0 Å². The Kier molecular flexibility index (Phi) is 3.19. The highest BCUT2D eigenvalue weighted by atomic mass is 16.4. The third-order valence-electron chi connectivity index (χ3n) is 3.35. The van der Waals surface area contributed by atoms with E-state index in [0.29, 0.717) is 10.9 Å². The van der Waals surface area contributed by atoms with Crippen molar-refractivity contribution in [2.75, 3.05) is 6.54 Å². The van der Waals surface area contributed by atoms with E-state index < -0.39 is 5.97 Å². The lowest BCUT2D eigenvalue weighted by Crippen LogP contribution is -2.38. The fourth-order valence-corrected chi connectivity index (χ4v) is 2.20. The van der Waals surface area contributed by atoms with Crippen LogP contribution in [0.3, 0.4) is 0 Å². The Morgan fingerprint density at radius 1 is 1.40 bits per heavy atom. The summed E-state index contributed by atoms with van der Waals surface area (Å²) >= 11 is 0. The van der Waals surface area contributed by atoms with Crippen molar-refractivity contribution in [1.82, 2.24) is 19.9 Å². The lowest BCUT2D eigenvalue weighted by atomic mass is 10.2. The molecule has 0 bridgehead atoms. The maximum atomic E-state index is 12.3. The average Bonchev–Trinajstić information content (AvgIpc) is 3.25. The molecule has 1 fully saturated rings. The highest BCUT2D eigenvalue weighted by Gasteiger charge is 2.30.